The molecule has 1 aromatic carbocycles. The first kappa shape index (κ1) is 16.3. The van der Waals surface area contributed by atoms with Crippen LogP contribution >= 0.6 is 0 Å². The van der Waals surface area contributed by atoms with E-state index in [0.717, 1.165) is 35.1 Å². The zero-order chi connectivity index (χ0) is 16.6. The van der Waals surface area contributed by atoms with Crippen molar-refractivity contribution in [2.24, 2.45) is 0 Å². The molecule has 1 aromatic heterocycles. The van der Waals surface area contributed by atoms with Crippen LogP contribution in [-0.2, 0) is 0 Å². The number of hydrogen-bond acceptors (Lipinski definition) is 3. The second-order valence-electron chi connectivity index (χ2n) is 6.35. The molecule has 0 radical (unpaired) electrons. The number of piperazine rings is 1. The quantitative estimate of drug-likeness (QED) is 0.941. The molecule has 1 atom stereocenters. The molecule has 7 heteroatoms. The first-order chi connectivity index (χ1) is 10.8. The van der Waals surface area contributed by atoms with Gasteiger partial charge >= 0.3 is 6.18 Å². The maximum atomic E-state index is 12.6. The van der Waals surface area contributed by atoms with Crippen LogP contribution < -0.4 is 0 Å². The molecule has 3 rings (SSSR count). The maximum Gasteiger partial charge on any atom is 0.390 e. The van der Waals surface area contributed by atoms with Gasteiger partial charge in [-0.3, -0.25) is 10.00 Å². The monoisotopic (exact) mass is 326 g/mol. The summed E-state index contributed by atoms with van der Waals surface area (Å²) in [5.74, 6) is 0. The predicted octanol–water partition coefficient (Wildman–Crippen LogP) is 3.11. The highest BCUT2D eigenvalue weighted by Crippen LogP contribution is 2.31. The molecule has 2 aromatic rings. The Morgan fingerprint density at radius 3 is 2.83 bits per heavy atom. The Morgan fingerprint density at radius 1 is 1.30 bits per heavy atom. The molecule has 0 unspecified atom stereocenters. The number of nitrogens with zero attached hydrogens (tertiary/aromatic N) is 3. The summed E-state index contributed by atoms with van der Waals surface area (Å²) in [6.07, 6.45) is -3.12. The summed E-state index contributed by atoms with van der Waals surface area (Å²) in [6.45, 7) is 4.24. The number of hydrogen-bond donors (Lipinski definition) is 1. The first-order valence-corrected chi connectivity index (χ1v) is 7.76. The second kappa shape index (κ2) is 6.13. The van der Waals surface area contributed by atoms with Crippen LogP contribution in [0.15, 0.2) is 18.3 Å². The number of aryl methyl sites for hydroxylation is 1. The number of fused-ring (bicyclic) bond motifs is 1. The van der Waals surface area contributed by atoms with E-state index in [1.54, 1.807) is 6.20 Å². The second-order valence-corrected chi connectivity index (χ2v) is 6.35. The van der Waals surface area contributed by atoms with Gasteiger partial charge in [-0.15, -0.1) is 0 Å². The van der Waals surface area contributed by atoms with E-state index in [9.17, 15) is 13.2 Å². The molecule has 126 valence electrons. The highest BCUT2D eigenvalue weighted by Gasteiger charge is 2.33. The van der Waals surface area contributed by atoms with Crippen molar-refractivity contribution in [1.29, 1.82) is 0 Å². The standard InChI is InChI=1S/C16H21F3N4/c1-11-7-14-12(9-20-21-14)8-13(11)15-10-22(2)5-6-23(15)4-3-16(17,18)19/h7-9,15H,3-6,10H2,1-2H3,(H,20,21)/t15-/m1/s1. The predicted molar refractivity (Wildman–Crippen MR) is 83.3 cm³/mol. The number of alkyl halides is 3. The number of likely N-dealkylation sites (N-methyl/N-ethyl adjacent to an activating group) is 1. The van der Waals surface area contributed by atoms with Crippen LogP contribution in [0, 0.1) is 6.92 Å². The summed E-state index contributed by atoms with van der Waals surface area (Å²) in [7, 11) is 2.01. The Morgan fingerprint density at radius 2 is 2.09 bits per heavy atom. The molecular weight excluding hydrogens is 305 g/mol. The number of rotatable bonds is 3. The topological polar surface area (TPSA) is 35.2 Å². The van der Waals surface area contributed by atoms with Gasteiger partial charge < -0.3 is 4.90 Å². The SMILES string of the molecule is Cc1cc2[nH]ncc2cc1[C@H]1CN(C)CCN1CCC(F)(F)F. The summed E-state index contributed by atoms with van der Waals surface area (Å²) < 4.78 is 37.8. The minimum absolute atomic E-state index is 0.0181. The molecule has 0 amide bonds. The maximum absolute atomic E-state index is 12.6. The molecule has 1 saturated heterocycles. The number of halogens is 3. The minimum Gasteiger partial charge on any atom is -0.303 e. The molecular formula is C16H21F3N4. The van der Waals surface area contributed by atoms with Gasteiger partial charge in [0.1, 0.15) is 0 Å². The fourth-order valence-electron chi connectivity index (χ4n) is 3.27. The molecule has 0 bridgehead atoms. The molecule has 23 heavy (non-hydrogen) atoms. The van der Waals surface area contributed by atoms with Crippen molar-refractivity contribution < 1.29 is 13.2 Å². The fourth-order valence-corrected chi connectivity index (χ4v) is 3.27. The van der Waals surface area contributed by atoms with Crippen molar-refractivity contribution in [2.75, 3.05) is 33.2 Å². The number of benzene rings is 1. The lowest BCUT2D eigenvalue weighted by atomic mass is 9.96. The summed E-state index contributed by atoms with van der Waals surface area (Å²) >= 11 is 0. The fraction of sp³-hybridized carbons (Fsp3) is 0.562. The van der Waals surface area contributed by atoms with Gasteiger partial charge in [-0.25, -0.2) is 0 Å². The number of aromatic nitrogens is 2. The van der Waals surface area contributed by atoms with Crippen LogP contribution in [0.4, 0.5) is 13.2 Å². The van der Waals surface area contributed by atoms with Crippen molar-refractivity contribution in [3.05, 3.63) is 29.5 Å². The Balaban J connectivity index is 1.89. The summed E-state index contributed by atoms with van der Waals surface area (Å²) in [4.78, 5) is 4.13. The average Bonchev–Trinajstić information content (AvgIpc) is 2.91. The van der Waals surface area contributed by atoms with E-state index >= 15 is 0 Å². The third-order valence-electron chi connectivity index (χ3n) is 4.56. The molecule has 0 aliphatic carbocycles. The summed E-state index contributed by atoms with van der Waals surface area (Å²) in [5.41, 5.74) is 3.13. The Bertz CT molecular complexity index is 680. The van der Waals surface area contributed by atoms with Crippen LogP contribution in [0.2, 0.25) is 0 Å². The van der Waals surface area contributed by atoms with Crippen LogP contribution in [0.3, 0.4) is 0 Å². The molecule has 1 fully saturated rings. The van der Waals surface area contributed by atoms with Gasteiger partial charge in [0, 0.05) is 37.6 Å². The van der Waals surface area contributed by atoms with Crippen molar-refractivity contribution in [1.82, 2.24) is 20.0 Å². The van der Waals surface area contributed by atoms with Gasteiger partial charge in [-0.1, -0.05) is 0 Å². The summed E-state index contributed by atoms with van der Waals surface area (Å²) in [6, 6.07) is 4.06. The third-order valence-corrected chi connectivity index (χ3v) is 4.56. The van der Waals surface area contributed by atoms with Gasteiger partial charge in [0.15, 0.2) is 0 Å². The molecule has 1 N–H and O–H groups in total. The summed E-state index contributed by atoms with van der Waals surface area (Å²) in [5, 5.41) is 7.96. The zero-order valence-corrected chi connectivity index (χ0v) is 13.3. The average molecular weight is 326 g/mol. The molecule has 1 aliphatic heterocycles. The van der Waals surface area contributed by atoms with Crippen molar-refractivity contribution in [3.63, 3.8) is 0 Å². The van der Waals surface area contributed by atoms with Gasteiger partial charge in [-0.05, 0) is 37.2 Å². The number of aromatic amines is 1. The van der Waals surface area contributed by atoms with Crippen LogP contribution in [0.1, 0.15) is 23.6 Å². The smallest absolute Gasteiger partial charge is 0.303 e. The largest absolute Gasteiger partial charge is 0.390 e. The van der Waals surface area contributed by atoms with Crippen LogP contribution in [0.5, 0.6) is 0 Å². The minimum atomic E-state index is -4.11. The van der Waals surface area contributed by atoms with E-state index in [2.05, 4.69) is 21.2 Å². The number of nitrogens with one attached hydrogen (secondary N) is 1. The van der Waals surface area contributed by atoms with Crippen molar-refractivity contribution in [2.45, 2.75) is 25.6 Å². The van der Waals surface area contributed by atoms with E-state index in [-0.39, 0.29) is 12.6 Å². The molecule has 2 heterocycles. The highest BCUT2D eigenvalue weighted by molar-refractivity contribution is 5.79. The molecule has 0 saturated carbocycles. The van der Waals surface area contributed by atoms with E-state index < -0.39 is 12.6 Å². The normalized spacial score (nSPS) is 21.2. The van der Waals surface area contributed by atoms with E-state index in [1.807, 2.05) is 24.9 Å². The van der Waals surface area contributed by atoms with Gasteiger partial charge in [-0.2, -0.15) is 18.3 Å². The van der Waals surface area contributed by atoms with Crippen LogP contribution in [0.25, 0.3) is 10.9 Å². The van der Waals surface area contributed by atoms with Gasteiger partial charge in [0.05, 0.1) is 18.1 Å². The van der Waals surface area contributed by atoms with E-state index in [4.69, 9.17) is 0 Å². The zero-order valence-electron chi connectivity index (χ0n) is 13.3. The molecule has 0 spiro atoms. The Hall–Kier alpha value is -1.60. The third kappa shape index (κ3) is 3.67. The number of H-pyrrole nitrogens is 1. The first-order valence-electron chi connectivity index (χ1n) is 7.76. The lowest BCUT2D eigenvalue weighted by molar-refractivity contribution is -0.140. The van der Waals surface area contributed by atoms with Crippen molar-refractivity contribution in [3.8, 4) is 0 Å². The van der Waals surface area contributed by atoms with E-state index in [1.165, 1.54) is 0 Å². The molecule has 1 aliphatic rings. The lowest BCUT2D eigenvalue weighted by Gasteiger charge is -2.41. The lowest BCUT2D eigenvalue weighted by Crippen LogP contribution is -2.47. The molecule has 4 nitrogen and oxygen atoms in total. The van der Waals surface area contributed by atoms with Gasteiger partial charge in [0.25, 0.3) is 0 Å². The highest BCUT2D eigenvalue weighted by atomic mass is 19.4. The van der Waals surface area contributed by atoms with Crippen LogP contribution in [-0.4, -0.2) is 59.4 Å². The van der Waals surface area contributed by atoms with E-state index in [0.29, 0.717) is 6.54 Å². The van der Waals surface area contributed by atoms with Crippen molar-refractivity contribution >= 4 is 10.9 Å². The Labute approximate surface area is 133 Å². The Kier molecular flexibility index (Phi) is 4.33. The van der Waals surface area contributed by atoms with Gasteiger partial charge in [0.2, 0.25) is 0 Å².